The highest BCUT2D eigenvalue weighted by Gasteiger charge is 2.33. The molecule has 0 radical (unpaired) electrons. The molecule has 1 N–H and O–H groups in total. The third-order valence-corrected chi connectivity index (χ3v) is 7.28. The molecule has 39 heavy (non-hydrogen) atoms. The summed E-state index contributed by atoms with van der Waals surface area (Å²) < 4.78 is 7.14. The molecule has 196 valence electrons. The molecule has 8 nitrogen and oxygen atoms in total. The summed E-state index contributed by atoms with van der Waals surface area (Å²) in [7, 11) is 0. The zero-order valence-electron chi connectivity index (χ0n) is 21.0. The van der Waals surface area contributed by atoms with Gasteiger partial charge in [0.25, 0.3) is 5.56 Å². The molecule has 1 aliphatic heterocycles. The molecule has 0 saturated carbocycles. The maximum atomic E-state index is 13.7. The van der Waals surface area contributed by atoms with Gasteiger partial charge in [-0.05, 0) is 61.9 Å². The summed E-state index contributed by atoms with van der Waals surface area (Å²) >= 11 is 7.27. The first kappa shape index (κ1) is 26.3. The molecule has 1 atom stereocenters. The number of ether oxygens (including phenoxy) is 1. The molecule has 1 aliphatic rings. The Balaban J connectivity index is 1.58. The van der Waals surface area contributed by atoms with Crippen molar-refractivity contribution in [2.45, 2.75) is 19.9 Å². The molecule has 0 fully saturated rings. The number of nitrogens with zero attached hydrogens (tertiary/aromatic N) is 4. The van der Waals surface area contributed by atoms with Gasteiger partial charge in [0, 0.05) is 16.7 Å². The molecule has 0 spiro atoms. The fourth-order valence-electron chi connectivity index (χ4n) is 4.22. The number of phenols is 1. The van der Waals surface area contributed by atoms with E-state index in [1.807, 2.05) is 30.3 Å². The van der Waals surface area contributed by atoms with Crippen LogP contribution >= 0.6 is 22.9 Å². The topological polar surface area (TPSA) is 106 Å². The monoisotopic (exact) mass is 558 g/mol. The Hall–Kier alpha value is -4.34. The Bertz CT molecular complexity index is 1790. The predicted octanol–water partition coefficient (Wildman–Crippen LogP) is 5.57. The first-order valence-electron chi connectivity index (χ1n) is 12.1. The lowest BCUT2D eigenvalue weighted by Crippen LogP contribution is -2.39. The lowest BCUT2D eigenvalue weighted by molar-refractivity contribution is -0.139. The molecular weight excluding hydrogens is 536 g/mol. The Kier molecular flexibility index (Phi) is 7.53. The summed E-state index contributed by atoms with van der Waals surface area (Å²) in [6.45, 7) is 3.63. The summed E-state index contributed by atoms with van der Waals surface area (Å²) in [6.07, 6.45) is 1.60. The summed E-state index contributed by atoms with van der Waals surface area (Å²) in [5.74, 6) is -0.589. The van der Waals surface area contributed by atoms with Gasteiger partial charge < -0.3 is 9.84 Å². The zero-order valence-corrected chi connectivity index (χ0v) is 22.6. The summed E-state index contributed by atoms with van der Waals surface area (Å²) in [5.41, 5.74) is 2.69. The van der Waals surface area contributed by atoms with Gasteiger partial charge in [0.05, 0.1) is 39.8 Å². The number of carbonyl (C=O) groups is 1. The Morgan fingerprint density at radius 2 is 1.82 bits per heavy atom. The van der Waals surface area contributed by atoms with Crippen LogP contribution in [0.4, 0.5) is 11.4 Å². The van der Waals surface area contributed by atoms with Crippen molar-refractivity contribution >= 4 is 46.4 Å². The normalized spacial score (nSPS) is 15.4. The molecule has 0 aliphatic carbocycles. The molecule has 0 saturated heterocycles. The van der Waals surface area contributed by atoms with Gasteiger partial charge in [0.15, 0.2) is 4.80 Å². The summed E-state index contributed by atoms with van der Waals surface area (Å²) in [6, 6.07) is 20.3. The van der Waals surface area contributed by atoms with E-state index in [2.05, 4.69) is 15.2 Å². The number of benzene rings is 3. The second-order valence-electron chi connectivity index (χ2n) is 8.63. The van der Waals surface area contributed by atoms with Crippen molar-refractivity contribution < 1.29 is 14.6 Å². The molecule has 10 heteroatoms. The highest BCUT2D eigenvalue weighted by molar-refractivity contribution is 7.07. The van der Waals surface area contributed by atoms with Crippen LogP contribution in [0, 0.1) is 0 Å². The number of hydrogen-bond donors (Lipinski definition) is 1. The number of esters is 1. The van der Waals surface area contributed by atoms with Gasteiger partial charge in [-0.3, -0.25) is 9.36 Å². The maximum absolute atomic E-state index is 13.7. The van der Waals surface area contributed by atoms with E-state index in [0.29, 0.717) is 42.6 Å². The zero-order chi connectivity index (χ0) is 27.5. The van der Waals surface area contributed by atoms with Crippen molar-refractivity contribution in [2.24, 2.45) is 15.2 Å². The number of carbonyl (C=O) groups excluding carboxylic acids is 1. The number of rotatable bonds is 6. The van der Waals surface area contributed by atoms with Gasteiger partial charge >= 0.3 is 5.97 Å². The lowest BCUT2D eigenvalue weighted by Gasteiger charge is -2.24. The molecule has 0 bridgehead atoms. The van der Waals surface area contributed by atoms with Gasteiger partial charge in [-0.25, -0.2) is 9.79 Å². The second-order valence-corrected chi connectivity index (χ2v) is 10.1. The van der Waals surface area contributed by atoms with E-state index in [1.165, 1.54) is 22.0 Å². The maximum Gasteiger partial charge on any atom is 0.338 e. The van der Waals surface area contributed by atoms with E-state index in [9.17, 15) is 14.7 Å². The van der Waals surface area contributed by atoms with Crippen molar-refractivity contribution in [1.29, 1.82) is 0 Å². The van der Waals surface area contributed by atoms with Gasteiger partial charge in [-0.1, -0.05) is 53.3 Å². The van der Waals surface area contributed by atoms with E-state index in [4.69, 9.17) is 16.3 Å². The van der Waals surface area contributed by atoms with E-state index >= 15 is 0 Å². The lowest BCUT2D eigenvalue weighted by atomic mass is 9.96. The average molecular weight is 559 g/mol. The summed E-state index contributed by atoms with van der Waals surface area (Å²) in [4.78, 5) is 31.7. The average Bonchev–Trinajstić information content (AvgIpc) is 3.23. The fourth-order valence-corrected chi connectivity index (χ4v) is 5.38. The van der Waals surface area contributed by atoms with Crippen molar-refractivity contribution in [3.8, 4) is 5.75 Å². The fraction of sp³-hybridized carbons (Fsp3) is 0.138. The molecule has 5 rings (SSSR count). The van der Waals surface area contributed by atoms with E-state index in [-0.39, 0.29) is 23.5 Å². The van der Waals surface area contributed by atoms with Crippen molar-refractivity contribution in [3.63, 3.8) is 0 Å². The molecule has 0 unspecified atom stereocenters. The molecule has 0 amide bonds. The first-order chi connectivity index (χ1) is 18.9. The number of aromatic nitrogens is 1. The minimum absolute atomic E-state index is 0.0528. The van der Waals surface area contributed by atoms with Crippen LogP contribution in [0.2, 0.25) is 5.02 Å². The van der Waals surface area contributed by atoms with Gasteiger partial charge in [0.2, 0.25) is 0 Å². The number of hydrogen-bond acceptors (Lipinski definition) is 8. The quantitative estimate of drug-likeness (QED) is 0.246. The highest BCUT2D eigenvalue weighted by Crippen LogP contribution is 2.31. The highest BCUT2D eigenvalue weighted by atomic mass is 35.5. The van der Waals surface area contributed by atoms with Crippen LogP contribution in [0.25, 0.3) is 6.08 Å². The van der Waals surface area contributed by atoms with Gasteiger partial charge in [-0.2, -0.15) is 10.2 Å². The molecule has 1 aromatic heterocycles. The van der Waals surface area contributed by atoms with Crippen LogP contribution in [0.1, 0.15) is 31.0 Å². The van der Waals surface area contributed by atoms with Crippen molar-refractivity contribution in [3.05, 3.63) is 120 Å². The second kappa shape index (κ2) is 11.2. The third-order valence-electron chi connectivity index (χ3n) is 6.04. The third kappa shape index (κ3) is 5.45. The standard InChI is InChI=1S/C29H23ClN4O4S/c1-3-38-28(37)25-17(2)31-29-34(26(25)18-9-12-20(30)13-10-18)27(36)24(39-29)15-19-11-14-22(16-23(19)35)33-32-21-7-5-4-6-8-21/h4-16,26,35H,3H2,1-2H3/b24-15-,33-32?/t26-/m0/s1. The Labute approximate surface area is 232 Å². The van der Waals surface area contributed by atoms with E-state index in [0.717, 1.165) is 0 Å². The number of thiazole rings is 1. The van der Waals surface area contributed by atoms with Gasteiger partial charge in [-0.15, -0.1) is 0 Å². The molecule has 3 aromatic carbocycles. The van der Waals surface area contributed by atoms with Gasteiger partial charge in [0.1, 0.15) is 5.75 Å². The Morgan fingerprint density at radius 1 is 1.10 bits per heavy atom. The van der Waals surface area contributed by atoms with Crippen LogP contribution in [-0.2, 0) is 9.53 Å². The number of phenolic OH excluding ortho intramolecular Hbond substituents is 1. The minimum Gasteiger partial charge on any atom is -0.507 e. The van der Waals surface area contributed by atoms with Crippen molar-refractivity contribution in [2.75, 3.05) is 6.61 Å². The molecule has 4 aromatic rings. The molecule has 2 heterocycles. The smallest absolute Gasteiger partial charge is 0.338 e. The van der Waals surface area contributed by atoms with E-state index < -0.39 is 12.0 Å². The van der Waals surface area contributed by atoms with Crippen LogP contribution < -0.4 is 14.9 Å². The minimum atomic E-state index is -0.742. The first-order valence-corrected chi connectivity index (χ1v) is 13.3. The number of aromatic hydroxyl groups is 1. The number of halogens is 1. The van der Waals surface area contributed by atoms with Crippen LogP contribution in [0.5, 0.6) is 5.75 Å². The molecular formula is C29H23ClN4O4S. The predicted molar refractivity (Wildman–Crippen MR) is 151 cm³/mol. The largest absolute Gasteiger partial charge is 0.507 e. The van der Waals surface area contributed by atoms with E-state index in [1.54, 1.807) is 56.3 Å². The number of fused-ring (bicyclic) bond motifs is 1. The Morgan fingerprint density at radius 3 is 2.51 bits per heavy atom. The van der Waals surface area contributed by atoms with Crippen molar-refractivity contribution in [1.82, 2.24) is 4.57 Å². The van der Waals surface area contributed by atoms with Crippen LogP contribution in [0.3, 0.4) is 0 Å². The summed E-state index contributed by atoms with van der Waals surface area (Å²) in [5, 5.41) is 19.5. The SMILES string of the molecule is CCOC(=O)C1=C(C)N=c2s/c(=C\c3ccc(N=Nc4ccccc4)cc3O)c(=O)n2[C@H]1c1ccc(Cl)cc1. The van der Waals surface area contributed by atoms with Crippen LogP contribution in [-0.4, -0.2) is 22.2 Å². The number of azo groups is 1. The van der Waals surface area contributed by atoms with Crippen LogP contribution in [0.15, 0.2) is 104 Å². The number of allylic oxidation sites excluding steroid dienone is 1.